The van der Waals surface area contributed by atoms with Crippen molar-refractivity contribution in [2.45, 2.75) is 11.4 Å². The molecule has 0 aliphatic rings. The molecule has 178 valence electrons. The highest BCUT2D eigenvalue weighted by Crippen LogP contribution is 2.21. The second-order valence-electron chi connectivity index (χ2n) is 6.70. The Balaban J connectivity index is 1.78. The lowest BCUT2D eigenvalue weighted by atomic mass is 10.2. The van der Waals surface area contributed by atoms with Gasteiger partial charge in [-0.05, 0) is 40.8 Å². The summed E-state index contributed by atoms with van der Waals surface area (Å²) in [5.41, 5.74) is 0.572. The van der Waals surface area contributed by atoms with Crippen LogP contribution in [0.5, 0.6) is 5.75 Å². The maximum atomic E-state index is 12.4. The minimum Gasteiger partial charge on any atom is -0.497 e. The Bertz CT molecular complexity index is 1320. The Kier molecular flexibility index (Phi) is 7.71. The Labute approximate surface area is 194 Å². The third-order valence-corrected chi connectivity index (χ3v) is 5.95. The van der Waals surface area contributed by atoms with E-state index in [4.69, 9.17) is 13.8 Å². The first-order chi connectivity index (χ1) is 16.2. The Morgan fingerprint density at radius 1 is 1.09 bits per heavy atom. The number of nitro benzene ring substituents is 1. The van der Waals surface area contributed by atoms with Crippen LogP contribution in [-0.4, -0.2) is 48.6 Å². The first kappa shape index (κ1) is 24.5. The molecule has 0 saturated carbocycles. The van der Waals surface area contributed by atoms with Crippen LogP contribution in [0.3, 0.4) is 0 Å². The predicted octanol–water partition coefficient (Wildman–Crippen LogP) is 3.35. The monoisotopic (exact) mass is 489 g/mol. The average Bonchev–Trinajstić information content (AvgIpc) is 3.25. The van der Waals surface area contributed by atoms with Crippen molar-refractivity contribution in [3.63, 3.8) is 0 Å². The van der Waals surface area contributed by atoms with Gasteiger partial charge in [-0.3, -0.25) is 14.3 Å². The lowest BCUT2D eigenvalue weighted by molar-refractivity contribution is -0.740. The molecule has 1 heterocycles. The number of nitro groups is 1. The highest BCUT2D eigenvalue weighted by molar-refractivity contribution is 7.86. The molecule has 34 heavy (non-hydrogen) atoms. The molecule has 0 N–H and O–H groups in total. The van der Waals surface area contributed by atoms with Crippen LogP contribution in [0, 0.1) is 15.0 Å². The summed E-state index contributed by atoms with van der Waals surface area (Å²) in [6.45, 7) is -0.387. The number of benzene rings is 2. The molecular weight excluding hydrogens is 468 g/mol. The van der Waals surface area contributed by atoms with Crippen molar-refractivity contribution in [2.75, 3.05) is 20.8 Å². The van der Waals surface area contributed by atoms with E-state index < -0.39 is 15.0 Å². The van der Waals surface area contributed by atoms with E-state index in [1.165, 1.54) is 17.9 Å². The van der Waals surface area contributed by atoms with Gasteiger partial charge in [0.1, 0.15) is 32.2 Å². The molecule has 3 rings (SSSR count). The lowest BCUT2D eigenvalue weighted by Crippen LogP contribution is -2.15. The summed E-state index contributed by atoms with van der Waals surface area (Å²) in [4.78, 5) is 31.1. The third kappa shape index (κ3) is 5.82. The summed E-state index contributed by atoms with van der Waals surface area (Å²) >= 11 is 0. The summed E-state index contributed by atoms with van der Waals surface area (Å²) in [7, 11) is -1.44. The molecule has 0 aliphatic heterocycles. The summed E-state index contributed by atoms with van der Waals surface area (Å²) in [5.74, 6) is 1.05. The fourth-order valence-electron chi connectivity index (χ4n) is 2.94. The second-order valence-corrected chi connectivity index (χ2v) is 8.32. The lowest BCUT2D eigenvalue weighted by Gasteiger charge is -2.06. The number of nitrogens with zero attached hydrogens (tertiary/aromatic N) is 4. The fourth-order valence-corrected chi connectivity index (χ4v) is 3.84. The molecule has 0 spiro atoms. The number of aromatic nitrogens is 2. The van der Waals surface area contributed by atoms with E-state index >= 15 is 0 Å². The quantitative estimate of drug-likeness (QED) is 0.225. The number of ether oxygens (including phenoxy) is 1. The predicted molar refractivity (Wildman–Crippen MR) is 121 cm³/mol. The van der Waals surface area contributed by atoms with Crippen LogP contribution in [0.25, 0.3) is 12.2 Å². The smallest absolute Gasteiger partial charge is 0.388 e. The van der Waals surface area contributed by atoms with Crippen molar-refractivity contribution >= 4 is 33.8 Å². The van der Waals surface area contributed by atoms with E-state index in [0.717, 1.165) is 29.8 Å². The van der Waals surface area contributed by atoms with Gasteiger partial charge >= 0.3 is 5.82 Å². The van der Waals surface area contributed by atoms with Gasteiger partial charge in [0, 0.05) is 18.2 Å². The average molecular weight is 489 g/mol. The van der Waals surface area contributed by atoms with Crippen molar-refractivity contribution in [1.82, 2.24) is 9.55 Å². The number of imidazole rings is 1. The van der Waals surface area contributed by atoms with Gasteiger partial charge in [0.25, 0.3) is 15.8 Å². The van der Waals surface area contributed by atoms with Crippen molar-refractivity contribution in [3.8, 4) is 5.75 Å². The van der Waals surface area contributed by atoms with E-state index in [2.05, 4.69) is 4.98 Å². The Morgan fingerprint density at radius 2 is 1.82 bits per heavy atom. The molecule has 0 bridgehead atoms. The summed E-state index contributed by atoms with van der Waals surface area (Å²) < 4.78 is 36.5. The van der Waals surface area contributed by atoms with Gasteiger partial charge in [-0.15, -0.1) is 0 Å². The van der Waals surface area contributed by atoms with Crippen LogP contribution in [0.1, 0.15) is 11.4 Å². The Morgan fingerprint density at radius 3 is 2.47 bits per heavy atom. The minimum atomic E-state index is -4.18. The van der Waals surface area contributed by atoms with Gasteiger partial charge in [0.05, 0.1) is 16.9 Å². The van der Waals surface area contributed by atoms with Crippen LogP contribution in [0.15, 0.2) is 59.6 Å². The molecule has 0 unspecified atom stereocenters. The number of hydrogen-bond donors (Lipinski definition) is 0. The molecule has 1 aromatic heterocycles. The molecule has 0 saturated heterocycles. The van der Waals surface area contributed by atoms with Gasteiger partial charge < -0.3 is 9.57 Å². The van der Waals surface area contributed by atoms with E-state index in [-0.39, 0.29) is 34.5 Å². The minimum absolute atomic E-state index is 0.0316. The molecule has 0 amide bonds. The number of non-ortho nitro benzene ring substituents is 1. The van der Waals surface area contributed by atoms with Gasteiger partial charge in [-0.25, -0.2) is 9.55 Å². The van der Waals surface area contributed by atoms with E-state index in [1.807, 2.05) is 12.1 Å². The molecule has 0 fully saturated rings. The summed E-state index contributed by atoms with van der Waals surface area (Å²) in [6, 6.07) is 11.6. The molecular formula is C21H21N4O8S+. The van der Waals surface area contributed by atoms with Crippen LogP contribution in [-0.2, 0) is 25.7 Å². The van der Waals surface area contributed by atoms with Crippen molar-refractivity contribution in [3.05, 3.63) is 81.1 Å². The van der Waals surface area contributed by atoms with E-state index in [9.17, 15) is 23.4 Å². The molecule has 12 nitrogen and oxygen atoms in total. The van der Waals surface area contributed by atoms with Crippen LogP contribution in [0.2, 0.25) is 0 Å². The molecule has 0 aliphatic carbocycles. The maximum absolute atomic E-state index is 12.4. The van der Waals surface area contributed by atoms with Gasteiger partial charge in [-0.2, -0.15) is 8.42 Å². The normalized spacial score (nSPS) is 11.5. The SMILES string of the molecule is COc1cccc(/C=C\c2ncc([N+](=O)OC)n2CCOS(=O)(=O)c2ccc([N+](=O)[O-])cc2)c1. The molecule has 0 atom stereocenters. The molecule has 3 aromatic rings. The first-order valence-electron chi connectivity index (χ1n) is 9.78. The molecule has 2 aromatic carbocycles. The van der Waals surface area contributed by atoms with E-state index in [1.54, 1.807) is 31.4 Å². The number of rotatable bonds is 11. The zero-order chi connectivity index (χ0) is 24.7. The molecule has 0 radical (unpaired) electrons. The Hall–Kier alpha value is -4.10. The van der Waals surface area contributed by atoms with Crippen LogP contribution >= 0.6 is 0 Å². The van der Waals surface area contributed by atoms with Gasteiger partial charge in [0.2, 0.25) is 5.82 Å². The maximum Gasteiger partial charge on any atom is 0.388 e. The summed E-state index contributed by atoms with van der Waals surface area (Å²) in [5, 5.41) is 10.7. The van der Waals surface area contributed by atoms with Crippen LogP contribution < -0.4 is 4.74 Å². The summed E-state index contributed by atoms with van der Waals surface area (Å²) in [6.07, 6.45) is 4.68. The highest BCUT2D eigenvalue weighted by Gasteiger charge is 2.25. The topological polar surface area (TPSA) is 143 Å². The third-order valence-electron chi connectivity index (χ3n) is 4.63. The zero-order valence-corrected chi connectivity index (χ0v) is 19.0. The van der Waals surface area contributed by atoms with Gasteiger partial charge in [-0.1, -0.05) is 12.1 Å². The van der Waals surface area contributed by atoms with Gasteiger partial charge in [0.15, 0.2) is 4.92 Å². The number of hydrogen-bond acceptors (Lipinski definition) is 9. The van der Waals surface area contributed by atoms with Crippen molar-refractivity contribution < 1.29 is 32.0 Å². The second kappa shape index (κ2) is 10.7. The standard InChI is InChI=1S/C21H21N4O8S/c1-31-18-5-3-4-16(14-18)6-11-20-22-15-21(25(28)32-2)23(20)12-13-33-34(29,30)19-9-7-17(8-10-19)24(26)27/h3-11,14-15H,12-13H2,1-2H3/q+1/b11-6-. The zero-order valence-electron chi connectivity index (χ0n) is 18.2. The highest BCUT2D eigenvalue weighted by atomic mass is 32.2. The van der Waals surface area contributed by atoms with Crippen molar-refractivity contribution in [1.29, 1.82) is 0 Å². The largest absolute Gasteiger partial charge is 0.497 e. The first-order valence-corrected chi connectivity index (χ1v) is 11.2. The molecule has 13 heteroatoms. The van der Waals surface area contributed by atoms with Crippen molar-refractivity contribution in [2.24, 2.45) is 0 Å². The fraction of sp³-hybridized carbons (Fsp3) is 0.190. The van der Waals surface area contributed by atoms with E-state index in [0.29, 0.717) is 11.6 Å². The van der Waals surface area contributed by atoms with Crippen LogP contribution in [0.4, 0.5) is 11.5 Å². The number of methoxy groups -OCH3 is 1.